The Morgan fingerprint density at radius 2 is 1.35 bits per heavy atom. The molecule has 0 aliphatic rings. The highest BCUT2D eigenvalue weighted by Crippen LogP contribution is 2.42. The summed E-state index contributed by atoms with van der Waals surface area (Å²) in [6.45, 7) is 18.6. The monoisotopic (exact) mass is 352 g/mol. The van der Waals surface area contributed by atoms with Gasteiger partial charge in [0.15, 0.2) is 0 Å². The third kappa shape index (κ3) is 5.28. The van der Waals surface area contributed by atoms with E-state index in [1.807, 2.05) is 11.8 Å². The molecule has 3 heteroatoms. The van der Waals surface area contributed by atoms with Crippen molar-refractivity contribution in [3.8, 4) is 5.75 Å². The molecule has 0 amide bonds. The van der Waals surface area contributed by atoms with Gasteiger partial charge in [-0.2, -0.15) is 0 Å². The molecule has 0 aromatic heterocycles. The van der Waals surface area contributed by atoms with Crippen LogP contribution in [0.1, 0.15) is 61.8 Å². The molecular formula is C20H36OSSi. The molecule has 1 nitrogen and oxygen atoms in total. The first-order valence-electron chi connectivity index (χ1n) is 9.15. The van der Waals surface area contributed by atoms with Gasteiger partial charge in [-0.25, -0.2) is 0 Å². The molecule has 1 atom stereocenters. The predicted octanol–water partition coefficient (Wildman–Crippen LogP) is 7.38. The van der Waals surface area contributed by atoms with Crippen LogP contribution in [0.25, 0.3) is 0 Å². The van der Waals surface area contributed by atoms with E-state index < -0.39 is 8.32 Å². The SMILES string of the molecule is CCC(C)CSc1ccc(O[Si](C(C)C)(C(C)C)C(C)C)cc1. The van der Waals surface area contributed by atoms with Gasteiger partial charge in [-0.3, -0.25) is 0 Å². The summed E-state index contributed by atoms with van der Waals surface area (Å²) in [6.07, 6.45) is 1.25. The molecule has 0 aliphatic heterocycles. The van der Waals surface area contributed by atoms with E-state index in [1.54, 1.807) is 0 Å². The van der Waals surface area contributed by atoms with Crippen molar-refractivity contribution in [1.82, 2.24) is 0 Å². The average molecular weight is 353 g/mol. The number of rotatable bonds is 9. The normalized spacial score (nSPS) is 13.9. The second-order valence-corrected chi connectivity index (χ2v) is 14.2. The van der Waals surface area contributed by atoms with Crippen LogP contribution >= 0.6 is 11.8 Å². The first-order valence-corrected chi connectivity index (χ1v) is 12.3. The lowest BCUT2D eigenvalue weighted by atomic mass is 10.2. The molecule has 0 aliphatic carbocycles. The highest BCUT2D eigenvalue weighted by atomic mass is 32.2. The van der Waals surface area contributed by atoms with E-state index in [2.05, 4.69) is 79.7 Å². The van der Waals surface area contributed by atoms with Gasteiger partial charge < -0.3 is 4.43 Å². The summed E-state index contributed by atoms with van der Waals surface area (Å²) in [5.74, 6) is 3.03. The largest absolute Gasteiger partial charge is 0.543 e. The molecule has 23 heavy (non-hydrogen) atoms. The zero-order chi connectivity index (χ0) is 17.6. The van der Waals surface area contributed by atoms with E-state index in [9.17, 15) is 0 Å². The Bertz CT molecular complexity index is 431. The second kappa shape index (κ2) is 9.17. The molecule has 0 heterocycles. The van der Waals surface area contributed by atoms with Gasteiger partial charge in [-0.15, -0.1) is 11.8 Å². The number of hydrogen-bond acceptors (Lipinski definition) is 2. The Morgan fingerprint density at radius 3 is 1.74 bits per heavy atom. The molecule has 0 saturated heterocycles. The molecular weight excluding hydrogens is 316 g/mol. The Balaban J connectivity index is 2.86. The van der Waals surface area contributed by atoms with Crippen LogP contribution in [0.5, 0.6) is 5.75 Å². The van der Waals surface area contributed by atoms with Crippen LogP contribution in [0.3, 0.4) is 0 Å². The summed E-state index contributed by atoms with van der Waals surface area (Å²) in [7, 11) is -1.83. The van der Waals surface area contributed by atoms with Crippen LogP contribution in [0, 0.1) is 5.92 Å². The van der Waals surface area contributed by atoms with Crippen molar-refractivity contribution in [1.29, 1.82) is 0 Å². The summed E-state index contributed by atoms with van der Waals surface area (Å²) >= 11 is 1.95. The summed E-state index contributed by atoms with van der Waals surface area (Å²) < 4.78 is 6.72. The first-order chi connectivity index (χ1) is 10.7. The summed E-state index contributed by atoms with van der Waals surface area (Å²) in [5, 5.41) is 0. The van der Waals surface area contributed by atoms with Crippen molar-refractivity contribution in [2.24, 2.45) is 5.92 Å². The smallest absolute Gasteiger partial charge is 0.258 e. The zero-order valence-electron chi connectivity index (χ0n) is 16.3. The van der Waals surface area contributed by atoms with E-state index in [0.29, 0.717) is 16.6 Å². The van der Waals surface area contributed by atoms with Crippen LogP contribution in [0.15, 0.2) is 29.2 Å². The molecule has 0 saturated carbocycles. The van der Waals surface area contributed by atoms with Gasteiger partial charge in [0.1, 0.15) is 5.75 Å². The lowest BCUT2D eigenvalue weighted by Crippen LogP contribution is -2.50. The second-order valence-electron chi connectivity index (χ2n) is 7.72. The highest BCUT2D eigenvalue weighted by Gasteiger charge is 2.46. The van der Waals surface area contributed by atoms with E-state index in [1.165, 1.54) is 17.1 Å². The third-order valence-corrected chi connectivity index (χ3v) is 12.4. The maximum absolute atomic E-state index is 6.72. The van der Waals surface area contributed by atoms with Gasteiger partial charge in [0.25, 0.3) is 8.32 Å². The van der Waals surface area contributed by atoms with Crippen LogP contribution < -0.4 is 4.43 Å². The molecule has 0 fully saturated rings. The maximum Gasteiger partial charge on any atom is 0.258 e. The fourth-order valence-electron chi connectivity index (χ4n) is 3.52. The highest BCUT2D eigenvalue weighted by molar-refractivity contribution is 7.99. The van der Waals surface area contributed by atoms with Crippen molar-refractivity contribution in [2.75, 3.05) is 5.75 Å². The van der Waals surface area contributed by atoms with Gasteiger partial charge >= 0.3 is 0 Å². The van der Waals surface area contributed by atoms with Crippen LogP contribution in [0.4, 0.5) is 0 Å². The quantitative estimate of drug-likeness (QED) is 0.338. The number of hydrogen-bond donors (Lipinski definition) is 0. The molecule has 0 bridgehead atoms. The number of thioether (sulfide) groups is 1. The van der Waals surface area contributed by atoms with Crippen molar-refractivity contribution in [2.45, 2.75) is 83.3 Å². The van der Waals surface area contributed by atoms with Crippen LogP contribution in [-0.4, -0.2) is 14.1 Å². The van der Waals surface area contributed by atoms with Gasteiger partial charge in [0.05, 0.1) is 0 Å². The van der Waals surface area contributed by atoms with Gasteiger partial charge in [0, 0.05) is 10.6 Å². The molecule has 1 aromatic carbocycles. The molecule has 0 radical (unpaired) electrons. The van der Waals surface area contributed by atoms with E-state index in [-0.39, 0.29) is 0 Å². The zero-order valence-corrected chi connectivity index (χ0v) is 18.2. The molecule has 1 unspecified atom stereocenters. The van der Waals surface area contributed by atoms with Gasteiger partial charge in [-0.1, -0.05) is 61.8 Å². The molecule has 132 valence electrons. The van der Waals surface area contributed by atoms with Crippen molar-refractivity contribution in [3.63, 3.8) is 0 Å². The molecule has 1 rings (SSSR count). The fraction of sp³-hybridized carbons (Fsp3) is 0.700. The third-order valence-electron chi connectivity index (χ3n) is 5.06. The minimum absolute atomic E-state index is 0.613. The minimum atomic E-state index is -1.83. The summed E-state index contributed by atoms with van der Waals surface area (Å²) in [4.78, 5) is 1.35. The van der Waals surface area contributed by atoms with Crippen molar-refractivity contribution < 1.29 is 4.43 Å². The Labute approximate surface area is 149 Å². The number of benzene rings is 1. The molecule has 0 spiro atoms. The van der Waals surface area contributed by atoms with Crippen LogP contribution in [-0.2, 0) is 0 Å². The summed E-state index contributed by atoms with van der Waals surface area (Å²) in [5.41, 5.74) is 1.84. The predicted molar refractivity (Wildman–Crippen MR) is 108 cm³/mol. The van der Waals surface area contributed by atoms with Crippen LogP contribution in [0.2, 0.25) is 16.6 Å². The Kier molecular flexibility index (Phi) is 8.23. The van der Waals surface area contributed by atoms with E-state index >= 15 is 0 Å². The van der Waals surface area contributed by atoms with E-state index in [4.69, 9.17) is 4.43 Å². The Hall–Kier alpha value is -0.413. The maximum atomic E-state index is 6.72. The van der Waals surface area contributed by atoms with Gasteiger partial charge in [-0.05, 0) is 46.8 Å². The standard InChI is InChI=1S/C20H36OSSi/c1-9-18(8)14-22-20-12-10-19(11-13-20)21-23(15(2)3,16(4)5)17(6)7/h10-13,15-18H,9,14H2,1-8H3. The first kappa shape index (κ1) is 20.6. The molecule has 1 aromatic rings. The van der Waals surface area contributed by atoms with Crippen molar-refractivity contribution >= 4 is 20.1 Å². The van der Waals surface area contributed by atoms with Gasteiger partial charge in [0.2, 0.25) is 0 Å². The van der Waals surface area contributed by atoms with E-state index in [0.717, 1.165) is 11.7 Å². The Morgan fingerprint density at radius 1 is 0.870 bits per heavy atom. The average Bonchev–Trinajstić information content (AvgIpc) is 2.50. The lowest BCUT2D eigenvalue weighted by Gasteiger charge is -2.42. The van der Waals surface area contributed by atoms with Crippen molar-refractivity contribution in [3.05, 3.63) is 24.3 Å². The topological polar surface area (TPSA) is 9.23 Å². The summed E-state index contributed by atoms with van der Waals surface area (Å²) in [6, 6.07) is 8.80. The molecule has 0 N–H and O–H groups in total. The fourth-order valence-corrected chi connectivity index (χ4v) is 9.81. The minimum Gasteiger partial charge on any atom is -0.543 e. The lowest BCUT2D eigenvalue weighted by molar-refractivity contribution is 0.479.